The molecule has 0 aliphatic heterocycles. The van der Waals surface area contributed by atoms with Gasteiger partial charge in [0.1, 0.15) is 11.5 Å². The van der Waals surface area contributed by atoms with Crippen molar-refractivity contribution >= 4 is 11.7 Å². The average molecular weight is 275 g/mol. The fourth-order valence-corrected chi connectivity index (χ4v) is 2.81. The van der Waals surface area contributed by atoms with E-state index in [0.29, 0.717) is 17.7 Å². The van der Waals surface area contributed by atoms with Crippen LogP contribution in [0.25, 0.3) is 0 Å². The van der Waals surface area contributed by atoms with Gasteiger partial charge in [-0.3, -0.25) is 5.41 Å². The summed E-state index contributed by atoms with van der Waals surface area (Å²) in [6, 6.07) is 0.517. The second kappa shape index (κ2) is 6.68. The van der Waals surface area contributed by atoms with Gasteiger partial charge in [0.25, 0.3) is 0 Å². The van der Waals surface area contributed by atoms with Crippen molar-refractivity contribution in [1.82, 2.24) is 9.97 Å². The zero-order chi connectivity index (χ0) is 14.5. The van der Waals surface area contributed by atoms with Gasteiger partial charge >= 0.3 is 0 Å². The van der Waals surface area contributed by atoms with Gasteiger partial charge in [0.05, 0.1) is 0 Å². The molecule has 2 rings (SSSR count). The number of nitrogen functional groups attached to an aromatic ring is 1. The molecule has 1 heterocycles. The van der Waals surface area contributed by atoms with E-state index < -0.39 is 0 Å². The molecule has 1 aromatic rings. The molecule has 110 valence electrons. The van der Waals surface area contributed by atoms with Gasteiger partial charge in [-0.25, -0.2) is 9.97 Å². The van der Waals surface area contributed by atoms with E-state index in [0.717, 1.165) is 18.8 Å². The highest BCUT2D eigenvalue weighted by Gasteiger charge is 2.26. The molecule has 1 aliphatic carbocycles. The van der Waals surface area contributed by atoms with E-state index >= 15 is 0 Å². The normalized spacial score (nSPS) is 15.8. The van der Waals surface area contributed by atoms with Crippen LogP contribution >= 0.6 is 0 Å². The highest BCUT2D eigenvalue weighted by Crippen LogP contribution is 2.29. The molecule has 1 aliphatic rings. The third-order valence-electron chi connectivity index (χ3n) is 3.92. The number of nitrogens with zero attached hydrogens (tertiary/aromatic N) is 3. The zero-order valence-corrected chi connectivity index (χ0v) is 12.5. The number of hydrogen-bond acceptors (Lipinski definition) is 4. The SMILES string of the molecule is CC(C)CCN(c1nccnc1C(=N)N)C1CCCC1. The van der Waals surface area contributed by atoms with Crippen molar-refractivity contribution in [2.75, 3.05) is 11.4 Å². The van der Waals surface area contributed by atoms with Gasteiger partial charge in [0.2, 0.25) is 0 Å². The highest BCUT2D eigenvalue weighted by atomic mass is 15.2. The van der Waals surface area contributed by atoms with Gasteiger partial charge in [0.15, 0.2) is 5.82 Å². The molecule has 0 spiro atoms. The predicted octanol–water partition coefficient (Wildman–Crippen LogP) is 2.56. The molecular weight excluding hydrogens is 250 g/mol. The van der Waals surface area contributed by atoms with Crippen LogP contribution in [-0.4, -0.2) is 28.4 Å². The molecule has 0 unspecified atom stereocenters. The van der Waals surface area contributed by atoms with E-state index in [9.17, 15) is 0 Å². The fraction of sp³-hybridized carbons (Fsp3) is 0.667. The number of amidine groups is 1. The second-order valence-corrected chi connectivity index (χ2v) is 5.96. The number of hydrogen-bond donors (Lipinski definition) is 2. The molecule has 1 fully saturated rings. The molecule has 0 bridgehead atoms. The molecule has 1 aromatic heterocycles. The first kappa shape index (κ1) is 14.8. The largest absolute Gasteiger partial charge is 0.382 e. The molecule has 0 atom stereocenters. The Balaban J connectivity index is 2.27. The van der Waals surface area contributed by atoms with Gasteiger partial charge in [-0.1, -0.05) is 26.7 Å². The minimum Gasteiger partial charge on any atom is -0.382 e. The maximum Gasteiger partial charge on any atom is 0.158 e. The summed E-state index contributed by atoms with van der Waals surface area (Å²) in [7, 11) is 0. The molecule has 0 aromatic carbocycles. The summed E-state index contributed by atoms with van der Waals surface area (Å²) in [5, 5.41) is 7.71. The summed E-state index contributed by atoms with van der Waals surface area (Å²) >= 11 is 0. The van der Waals surface area contributed by atoms with E-state index in [-0.39, 0.29) is 5.84 Å². The van der Waals surface area contributed by atoms with Gasteiger partial charge in [-0.15, -0.1) is 0 Å². The van der Waals surface area contributed by atoms with E-state index in [1.807, 2.05) is 0 Å². The Morgan fingerprint density at radius 1 is 1.35 bits per heavy atom. The maximum atomic E-state index is 7.71. The molecule has 1 saturated carbocycles. The van der Waals surface area contributed by atoms with E-state index in [1.54, 1.807) is 12.4 Å². The highest BCUT2D eigenvalue weighted by molar-refractivity contribution is 5.97. The first-order valence-corrected chi connectivity index (χ1v) is 7.51. The van der Waals surface area contributed by atoms with Crippen molar-refractivity contribution in [1.29, 1.82) is 5.41 Å². The molecule has 5 heteroatoms. The van der Waals surface area contributed by atoms with Gasteiger partial charge in [-0.05, 0) is 25.2 Å². The number of nitrogens with two attached hydrogens (primary N) is 1. The van der Waals surface area contributed by atoms with Gasteiger partial charge < -0.3 is 10.6 Å². The van der Waals surface area contributed by atoms with Crippen LogP contribution < -0.4 is 10.6 Å². The van der Waals surface area contributed by atoms with Crippen molar-refractivity contribution < 1.29 is 0 Å². The van der Waals surface area contributed by atoms with Crippen LogP contribution in [0.15, 0.2) is 12.4 Å². The summed E-state index contributed by atoms with van der Waals surface area (Å²) < 4.78 is 0. The summed E-state index contributed by atoms with van der Waals surface area (Å²) in [6.07, 6.45) is 9.37. The second-order valence-electron chi connectivity index (χ2n) is 5.96. The topological polar surface area (TPSA) is 78.9 Å². The molecule has 3 N–H and O–H groups in total. The molecule has 0 radical (unpaired) electrons. The summed E-state index contributed by atoms with van der Waals surface area (Å²) in [5.41, 5.74) is 6.18. The number of aromatic nitrogens is 2. The smallest absolute Gasteiger partial charge is 0.158 e. The lowest BCUT2D eigenvalue weighted by Gasteiger charge is -2.31. The monoisotopic (exact) mass is 275 g/mol. The molecule has 0 saturated heterocycles. The number of nitrogens with one attached hydrogen (secondary N) is 1. The minimum absolute atomic E-state index is 0.000596. The lowest BCUT2D eigenvalue weighted by molar-refractivity contribution is 0.524. The van der Waals surface area contributed by atoms with Crippen molar-refractivity contribution in [2.45, 2.75) is 52.0 Å². The molecule has 0 amide bonds. The fourth-order valence-electron chi connectivity index (χ4n) is 2.81. The summed E-state index contributed by atoms with van der Waals surface area (Å²) in [5.74, 6) is 1.43. The van der Waals surface area contributed by atoms with E-state index in [4.69, 9.17) is 11.1 Å². The van der Waals surface area contributed by atoms with E-state index in [2.05, 4.69) is 28.7 Å². The van der Waals surface area contributed by atoms with Crippen molar-refractivity contribution in [3.63, 3.8) is 0 Å². The third kappa shape index (κ3) is 3.46. The van der Waals surface area contributed by atoms with Crippen molar-refractivity contribution in [3.05, 3.63) is 18.1 Å². The zero-order valence-electron chi connectivity index (χ0n) is 12.5. The Hall–Kier alpha value is -1.65. The Bertz CT molecular complexity index is 451. The first-order valence-electron chi connectivity index (χ1n) is 7.51. The molecule has 5 nitrogen and oxygen atoms in total. The van der Waals surface area contributed by atoms with Crippen molar-refractivity contribution in [2.24, 2.45) is 11.7 Å². The lowest BCUT2D eigenvalue weighted by Crippen LogP contribution is -2.37. The molecular formula is C15H25N5. The van der Waals surface area contributed by atoms with Crippen LogP contribution in [0.4, 0.5) is 5.82 Å². The van der Waals surface area contributed by atoms with Gasteiger partial charge in [0, 0.05) is 25.0 Å². The first-order chi connectivity index (χ1) is 9.59. The van der Waals surface area contributed by atoms with Gasteiger partial charge in [-0.2, -0.15) is 0 Å². The summed E-state index contributed by atoms with van der Waals surface area (Å²) in [6.45, 7) is 5.42. The lowest BCUT2D eigenvalue weighted by atomic mass is 10.1. The summed E-state index contributed by atoms with van der Waals surface area (Å²) in [4.78, 5) is 11.0. The van der Waals surface area contributed by atoms with Crippen LogP contribution in [-0.2, 0) is 0 Å². The average Bonchev–Trinajstić information content (AvgIpc) is 2.93. The Morgan fingerprint density at radius 2 is 2.00 bits per heavy atom. The molecule has 20 heavy (non-hydrogen) atoms. The Kier molecular flexibility index (Phi) is 4.93. The Morgan fingerprint density at radius 3 is 2.60 bits per heavy atom. The van der Waals surface area contributed by atoms with Crippen molar-refractivity contribution in [3.8, 4) is 0 Å². The standard InChI is InChI=1S/C15H25N5/c1-11(2)7-10-20(12-5-3-4-6-12)15-13(14(16)17)18-8-9-19-15/h8-9,11-12H,3-7,10H2,1-2H3,(H3,16,17). The van der Waals surface area contributed by atoms with Crippen LogP contribution in [0.1, 0.15) is 51.6 Å². The van der Waals surface area contributed by atoms with Crippen LogP contribution in [0.3, 0.4) is 0 Å². The maximum absolute atomic E-state index is 7.71. The quantitative estimate of drug-likeness (QED) is 0.617. The number of rotatable bonds is 6. The third-order valence-corrected chi connectivity index (χ3v) is 3.92. The van der Waals surface area contributed by atoms with Crippen LogP contribution in [0.2, 0.25) is 0 Å². The van der Waals surface area contributed by atoms with Crippen LogP contribution in [0.5, 0.6) is 0 Å². The Labute approximate surface area is 121 Å². The van der Waals surface area contributed by atoms with E-state index in [1.165, 1.54) is 25.7 Å². The predicted molar refractivity (Wildman–Crippen MR) is 82.1 cm³/mol. The minimum atomic E-state index is 0.000596. The van der Waals surface area contributed by atoms with Crippen LogP contribution in [0, 0.1) is 11.3 Å². The number of anilines is 1.